The first-order chi connectivity index (χ1) is 9.08. The summed E-state index contributed by atoms with van der Waals surface area (Å²) in [6.07, 6.45) is 2.44. The van der Waals surface area contributed by atoms with Crippen LogP contribution in [-0.4, -0.2) is 42.7 Å². The highest BCUT2D eigenvalue weighted by molar-refractivity contribution is 5.95. The van der Waals surface area contributed by atoms with Crippen LogP contribution >= 0.6 is 0 Å². The molecule has 2 rings (SSSR count). The molecule has 1 fully saturated rings. The van der Waals surface area contributed by atoms with Crippen LogP contribution in [0, 0.1) is 12.8 Å². The van der Waals surface area contributed by atoms with Crippen LogP contribution in [0.15, 0.2) is 18.2 Å². The van der Waals surface area contributed by atoms with E-state index in [1.54, 1.807) is 12.1 Å². The van der Waals surface area contributed by atoms with Gasteiger partial charge in [0.05, 0.1) is 11.3 Å². The third-order valence-corrected chi connectivity index (χ3v) is 3.79. The second kappa shape index (κ2) is 6.06. The Morgan fingerprint density at radius 3 is 3.00 bits per heavy atom. The van der Waals surface area contributed by atoms with Crippen molar-refractivity contribution in [2.75, 3.05) is 32.0 Å². The number of nitrogens with zero attached hydrogens (tertiary/aromatic N) is 1. The average molecular weight is 262 g/mol. The van der Waals surface area contributed by atoms with E-state index >= 15 is 0 Å². The maximum Gasteiger partial charge on any atom is 0.337 e. The second-order valence-corrected chi connectivity index (χ2v) is 5.45. The van der Waals surface area contributed by atoms with Gasteiger partial charge in [-0.25, -0.2) is 4.79 Å². The fraction of sp³-hybridized carbons (Fsp3) is 0.533. The van der Waals surface area contributed by atoms with Gasteiger partial charge in [-0.2, -0.15) is 0 Å². The molecule has 0 bridgehead atoms. The van der Waals surface area contributed by atoms with Crippen molar-refractivity contribution in [2.45, 2.75) is 19.8 Å². The first-order valence-electron chi connectivity index (χ1n) is 6.83. The summed E-state index contributed by atoms with van der Waals surface area (Å²) in [4.78, 5) is 13.6. The summed E-state index contributed by atoms with van der Waals surface area (Å²) in [7, 11) is 2.14. The van der Waals surface area contributed by atoms with Gasteiger partial charge in [-0.05, 0) is 50.9 Å². The third-order valence-electron chi connectivity index (χ3n) is 3.79. The number of carboxylic acids is 1. The van der Waals surface area contributed by atoms with Gasteiger partial charge in [-0.15, -0.1) is 0 Å². The Kier molecular flexibility index (Phi) is 4.43. The molecule has 19 heavy (non-hydrogen) atoms. The van der Waals surface area contributed by atoms with Gasteiger partial charge in [0.1, 0.15) is 0 Å². The lowest BCUT2D eigenvalue weighted by Crippen LogP contribution is -2.35. The van der Waals surface area contributed by atoms with Crippen molar-refractivity contribution in [3.05, 3.63) is 29.3 Å². The van der Waals surface area contributed by atoms with E-state index in [0.29, 0.717) is 11.5 Å². The molecule has 0 spiro atoms. The molecule has 1 heterocycles. The van der Waals surface area contributed by atoms with Gasteiger partial charge in [0, 0.05) is 13.1 Å². The predicted octanol–water partition coefficient (Wildman–Crippen LogP) is 2.45. The summed E-state index contributed by atoms with van der Waals surface area (Å²) in [5.41, 5.74) is 2.12. The standard InChI is InChI=1S/C15H22N2O2/c1-11-5-3-7-13(15(18)19)14(11)16-9-12-6-4-8-17(2)10-12/h3,5,7,12,16H,4,6,8-10H2,1-2H3,(H,18,19). The summed E-state index contributed by atoms with van der Waals surface area (Å²) < 4.78 is 0. The molecule has 1 saturated heterocycles. The Morgan fingerprint density at radius 1 is 1.53 bits per heavy atom. The zero-order chi connectivity index (χ0) is 13.8. The van der Waals surface area contributed by atoms with E-state index in [1.807, 2.05) is 13.0 Å². The Balaban J connectivity index is 2.04. The van der Waals surface area contributed by atoms with E-state index in [1.165, 1.54) is 19.4 Å². The number of aryl methyl sites for hydroxylation is 1. The molecule has 0 radical (unpaired) electrons. The van der Waals surface area contributed by atoms with Gasteiger partial charge in [-0.1, -0.05) is 12.1 Å². The van der Waals surface area contributed by atoms with Crippen molar-refractivity contribution in [1.82, 2.24) is 4.90 Å². The number of hydrogen-bond donors (Lipinski definition) is 2. The quantitative estimate of drug-likeness (QED) is 0.875. The fourth-order valence-corrected chi connectivity index (χ4v) is 2.77. The number of carboxylic acid groups (broad SMARTS) is 1. The maximum absolute atomic E-state index is 11.2. The summed E-state index contributed by atoms with van der Waals surface area (Å²) >= 11 is 0. The molecule has 0 aromatic heterocycles. The minimum absolute atomic E-state index is 0.365. The lowest BCUT2D eigenvalue weighted by molar-refractivity contribution is 0.0698. The fourth-order valence-electron chi connectivity index (χ4n) is 2.77. The second-order valence-electron chi connectivity index (χ2n) is 5.45. The highest BCUT2D eigenvalue weighted by Crippen LogP contribution is 2.22. The normalized spacial score (nSPS) is 20.2. The Hall–Kier alpha value is -1.55. The molecular formula is C15H22N2O2. The predicted molar refractivity (Wildman–Crippen MR) is 76.8 cm³/mol. The summed E-state index contributed by atoms with van der Waals surface area (Å²) in [6.45, 7) is 5.04. The first-order valence-corrected chi connectivity index (χ1v) is 6.83. The molecule has 1 aliphatic heterocycles. The molecule has 1 aliphatic rings. The van der Waals surface area contributed by atoms with Crippen LogP contribution in [0.5, 0.6) is 0 Å². The third kappa shape index (κ3) is 3.47. The molecule has 0 amide bonds. The van der Waals surface area contributed by atoms with E-state index in [2.05, 4.69) is 17.3 Å². The number of hydrogen-bond acceptors (Lipinski definition) is 3. The van der Waals surface area contributed by atoms with Crippen molar-refractivity contribution in [2.24, 2.45) is 5.92 Å². The molecule has 1 unspecified atom stereocenters. The molecule has 2 N–H and O–H groups in total. The van der Waals surface area contributed by atoms with E-state index < -0.39 is 5.97 Å². The Bertz CT molecular complexity index is 459. The number of piperidine rings is 1. The Labute approximate surface area is 114 Å². The summed E-state index contributed by atoms with van der Waals surface area (Å²) in [6, 6.07) is 5.39. The molecule has 0 aliphatic carbocycles. The zero-order valence-electron chi connectivity index (χ0n) is 11.6. The van der Waals surface area contributed by atoms with Gasteiger partial charge in [0.25, 0.3) is 0 Å². The minimum atomic E-state index is -0.869. The van der Waals surface area contributed by atoms with Gasteiger partial charge >= 0.3 is 5.97 Å². The van der Waals surface area contributed by atoms with Crippen LogP contribution in [0.3, 0.4) is 0 Å². The van der Waals surface area contributed by atoms with Gasteiger partial charge < -0.3 is 15.3 Å². The van der Waals surface area contributed by atoms with Crippen molar-refractivity contribution in [3.63, 3.8) is 0 Å². The van der Waals surface area contributed by atoms with Crippen molar-refractivity contribution in [3.8, 4) is 0 Å². The minimum Gasteiger partial charge on any atom is -0.478 e. The summed E-state index contributed by atoms with van der Waals surface area (Å²) in [5, 5.41) is 12.6. The Morgan fingerprint density at radius 2 is 2.32 bits per heavy atom. The number of aromatic carboxylic acids is 1. The molecule has 4 heteroatoms. The van der Waals surface area contributed by atoms with Crippen molar-refractivity contribution < 1.29 is 9.90 Å². The van der Waals surface area contributed by atoms with Crippen molar-refractivity contribution in [1.29, 1.82) is 0 Å². The SMILES string of the molecule is Cc1cccc(C(=O)O)c1NCC1CCCN(C)C1. The van der Waals surface area contributed by atoms with Gasteiger partial charge in [-0.3, -0.25) is 0 Å². The molecule has 1 atom stereocenters. The van der Waals surface area contributed by atoms with E-state index in [4.69, 9.17) is 0 Å². The largest absolute Gasteiger partial charge is 0.478 e. The number of rotatable bonds is 4. The average Bonchev–Trinajstić information content (AvgIpc) is 2.37. The van der Waals surface area contributed by atoms with E-state index in [-0.39, 0.29) is 0 Å². The van der Waals surface area contributed by atoms with Crippen LogP contribution in [-0.2, 0) is 0 Å². The van der Waals surface area contributed by atoms with E-state index in [9.17, 15) is 9.90 Å². The number of likely N-dealkylation sites (tertiary alicyclic amines) is 1. The zero-order valence-corrected chi connectivity index (χ0v) is 11.6. The first kappa shape index (κ1) is 13.9. The number of nitrogens with one attached hydrogen (secondary N) is 1. The number of benzene rings is 1. The lowest BCUT2D eigenvalue weighted by Gasteiger charge is -2.30. The molecule has 0 saturated carbocycles. The number of para-hydroxylation sites is 1. The number of anilines is 1. The van der Waals surface area contributed by atoms with Gasteiger partial charge in [0.15, 0.2) is 0 Å². The smallest absolute Gasteiger partial charge is 0.337 e. The molecule has 1 aromatic rings. The lowest BCUT2D eigenvalue weighted by atomic mass is 9.98. The van der Waals surface area contributed by atoms with Crippen LogP contribution in [0.2, 0.25) is 0 Å². The number of carbonyl (C=O) groups is 1. The maximum atomic E-state index is 11.2. The van der Waals surface area contributed by atoms with Crippen LogP contribution in [0.1, 0.15) is 28.8 Å². The topological polar surface area (TPSA) is 52.6 Å². The molecule has 1 aromatic carbocycles. The molecule has 104 valence electrons. The van der Waals surface area contributed by atoms with Crippen LogP contribution in [0.4, 0.5) is 5.69 Å². The highest BCUT2D eigenvalue weighted by Gasteiger charge is 2.18. The van der Waals surface area contributed by atoms with Crippen molar-refractivity contribution >= 4 is 11.7 Å². The molecular weight excluding hydrogens is 240 g/mol. The highest BCUT2D eigenvalue weighted by atomic mass is 16.4. The van der Waals surface area contributed by atoms with Gasteiger partial charge in [0.2, 0.25) is 0 Å². The van der Waals surface area contributed by atoms with E-state index in [0.717, 1.165) is 24.3 Å². The monoisotopic (exact) mass is 262 g/mol. The van der Waals surface area contributed by atoms with Crippen LogP contribution < -0.4 is 5.32 Å². The summed E-state index contributed by atoms with van der Waals surface area (Å²) in [5.74, 6) is -0.271. The van der Waals surface area contributed by atoms with Crippen LogP contribution in [0.25, 0.3) is 0 Å². The molecule has 4 nitrogen and oxygen atoms in total.